The second-order valence-corrected chi connectivity index (χ2v) is 7.14. The Morgan fingerprint density at radius 1 is 1.21 bits per heavy atom. The molecule has 1 aromatic rings. The van der Waals surface area contributed by atoms with E-state index in [4.69, 9.17) is 14.2 Å². The maximum absolute atomic E-state index is 12.7. The van der Waals surface area contributed by atoms with E-state index in [2.05, 4.69) is 10.6 Å². The molecule has 0 saturated carbocycles. The van der Waals surface area contributed by atoms with Crippen LogP contribution in [0.2, 0.25) is 0 Å². The maximum atomic E-state index is 12.7. The van der Waals surface area contributed by atoms with Crippen molar-refractivity contribution in [3.8, 4) is 0 Å². The highest BCUT2D eigenvalue weighted by molar-refractivity contribution is 5.85. The number of nitrogens with one attached hydrogen (secondary N) is 2. The van der Waals surface area contributed by atoms with Crippen LogP contribution in [-0.4, -0.2) is 43.0 Å². The zero-order valence-corrected chi connectivity index (χ0v) is 16.5. The molecule has 0 aromatic heterocycles. The van der Waals surface area contributed by atoms with Crippen LogP contribution in [0.3, 0.4) is 0 Å². The van der Waals surface area contributed by atoms with Crippen LogP contribution in [-0.2, 0) is 30.4 Å². The van der Waals surface area contributed by atoms with Gasteiger partial charge in [0.15, 0.2) is 0 Å². The normalized spacial score (nSPS) is 19.7. The number of alkyl carbamates (subject to hydrolysis) is 1. The number of amides is 2. The van der Waals surface area contributed by atoms with Crippen LogP contribution in [0, 0.1) is 5.92 Å². The number of carbonyl (C=O) groups is 3. The Bertz CT molecular complexity index is 664. The van der Waals surface area contributed by atoms with E-state index in [0.29, 0.717) is 19.4 Å². The number of esters is 1. The van der Waals surface area contributed by atoms with Crippen molar-refractivity contribution in [3.63, 3.8) is 0 Å². The van der Waals surface area contributed by atoms with Crippen LogP contribution in [0.1, 0.15) is 39.2 Å². The molecule has 1 aliphatic heterocycles. The van der Waals surface area contributed by atoms with Gasteiger partial charge in [0, 0.05) is 6.92 Å². The van der Waals surface area contributed by atoms with Crippen LogP contribution >= 0.6 is 0 Å². The van der Waals surface area contributed by atoms with Gasteiger partial charge >= 0.3 is 12.1 Å². The fourth-order valence-electron chi connectivity index (χ4n) is 2.88. The first-order valence-electron chi connectivity index (χ1n) is 9.41. The number of ether oxygens (including phenoxy) is 3. The van der Waals surface area contributed by atoms with Gasteiger partial charge in [-0.05, 0) is 24.3 Å². The molecule has 8 nitrogen and oxygen atoms in total. The Labute approximate surface area is 164 Å². The maximum Gasteiger partial charge on any atom is 0.408 e. The van der Waals surface area contributed by atoms with Crippen molar-refractivity contribution in [2.45, 2.75) is 58.6 Å². The minimum Gasteiger partial charge on any atom is -0.445 e. The van der Waals surface area contributed by atoms with Gasteiger partial charge < -0.3 is 24.8 Å². The number of carbonyl (C=O) groups excluding carboxylic acids is 3. The van der Waals surface area contributed by atoms with Gasteiger partial charge in [0.05, 0.1) is 12.6 Å². The molecule has 0 unspecified atom stereocenters. The van der Waals surface area contributed by atoms with Gasteiger partial charge in [0.1, 0.15) is 12.6 Å². The summed E-state index contributed by atoms with van der Waals surface area (Å²) in [6, 6.07) is 8.07. The van der Waals surface area contributed by atoms with Crippen LogP contribution in [0.25, 0.3) is 0 Å². The Kier molecular flexibility index (Phi) is 8.25. The van der Waals surface area contributed by atoms with Gasteiger partial charge in [-0.1, -0.05) is 44.2 Å². The van der Waals surface area contributed by atoms with E-state index in [1.54, 1.807) is 0 Å². The first kappa shape index (κ1) is 21.7. The number of benzene rings is 1. The van der Waals surface area contributed by atoms with E-state index in [0.717, 1.165) is 5.56 Å². The molecule has 0 bridgehead atoms. The van der Waals surface area contributed by atoms with E-state index in [1.807, 2.05) is 44.2 Å². The first-order valence-corrected chi connectivity index (χ1v) is 9.41. The lowest BCUT2D eigenvalue weighted by atomic mass is 10.0. The highest BCUT2D eigenvalue weighted by Crippen LogP contribution is 2.16. The summed E-state index contributed by atoms with van der Waals surface area (Å²) < 4.78 is 15.6. The first-order chi connectivity index (χ1) is 13.3. The zero-order valence-electron chi connectivity index (χ0n) is 16.5. The third-order valence-electron chi connectivity index (χ3n) is 4.18. The van der Waals surface area contributed by atoms with Crippen LogP contribution in [0.4, 0.5) is 4.79 Å². The second kappa shape index (κ2) is 10.7. The van der Waals surface area contributed by atoms with E-state index in [1.165, 1.54) is 6.92 Å². The molecule has 2 amide bonds. The summed E-state index contributed by atoms with van der Waals surface area (Å²) in [5.74, 6) is -0.667. The lowest BCUT2D eigenvalue weighted by Crippen LogP contribution is -2.52. The SMILES string of the molecule is CC(=O)O[C@@H]1OCC[C@@H]1NC(=O)[C@H](CC(C)C)NC(=O)OCc1ccccc1. The highest BCUT2D eigenvalue weighted by Gasteiger charge is 2.34. The summed E-state index contributed by atoms with van der Waals surface area (Å²) in [4.78, 5) is 36.0. The Balaban J connectivity index is 1.91. The van der Waals surface area contributed by atoms with E-state index < -0.39 is 30.4 Å². The molecule has 0 radical (unpaired) electrons. The molecule has 3 atom stereocenters. The summed E-state index contributed by atoms with van der Waals surface area (Å²) in [6.07, 6.45) is -0.510. The van der Waals surface area contributed by atoms with Crippen molar-refractivity contribution in [1.29, 1.82) is 0 Å². The van der Waals surface area contributed by atoms with Crippen molar-refractivity contribution in [3.05, 3.63) is 35.9 Å². The van der Waals surface area contributed by atoms with Crippen molar-refractivity contribution in [2.75, 3.05) is 6.61 Å². The molecule has 1 heterocycles. The Hall–Kier alpha value is -2.61. The standard InChI is InChI=1S/C20H28N2O6/c1-13(2)11-17(22-20(25)27-12-15-7-5-4-6-8-15)18(24)21-16-9-10-26-19(16)28-14(3)23/h4-8,13,16-17,19H,9-12H2,1-3H3,(H,21,24)(H,22,25)/t16-,17-,19-/m0/s1. The summed E-state index contributed by atoms with van der Waals surface area (Å²) in [6.45, 7) is 5.69. The quantitative estimate of drug-likeness (QED) is 0.657. The second-order valence-electron chi connectivity index (χ2n) is 7.14. The van der Waals surface area contributed by atoms with Gasteiger partial charge in [-0.25, -0.2) is 4.79 Å². The molecule has 0 aliphatic carbocycles. The van der Waals surface area contributed by atoms with Crippen LogP contribution in [0.5, 0.6) is 0 Å². The average Bonchev–Trinajstić information content (AvgIpc) is 3.06. The minimum absolute atomic E-state index is 0.119. The number of hydrogen-bond acceptors (Lipinski definition) is 6. The molecule has 154 valence electrons. The van der Waals surface area contributed by atoms with Gasteiger partial charge in [-0.3, -0.25) is 9.59 Å². The van der Waals surface area contributed by atoms with Crippen LogP contribution < -0.4 is 10.6 Å². The molecule has 1 aliphatic rings. The molecule has 28 heavy (non-hydrogen) atoms. The minimum atomic E-state index is -0.814. The fraction of sp³-hybridized carbons (Fsp3) is 0.550. The predicted octanol–water partition coefficient (Wildman–Crippen LogP) is 2.12. The average molecular weight is 392 g/mol. The fourth-order valence-corrected chi connectivity index (χ4v) is 2.88. The molecule has 0 spiro atoms. The van der Waals surface area contributed by atoms with E-state index >= 15 is 0 Å². The third kappa shape index (κ3) is 7.19. The molecular weight excluding hydrogens is 364 g/mol. The van der Waals surface area contributed by atoms with Crippen molar-refractivity contribution in [1.82, 2.24) is 10.6 Å². The zero-order chi connectivity index (χ0) is 20.5. The lowest BCUT2D eigenvalue weighted by Gasteiger charge is -2.24. The van der Waals surface area contributed by atoms with Gasteiger partial charge in [-0.2, -0.15) is 0 Å². The highest BCUT2D eigenvalue weighted by atomic mass is 16.7. The monoisotopic (exact) mass is 392 g/mol. The Morgan fingerprint density at radius 2 is 1.93 bits per heavy atom. The van der Waals surface area contributed by atoms with Crippen molar-refractivity contribution < 1.29 is 28.6 Å². The van der Waals surface area contributed by atoms with Crippen molar-refractivity contribution in [2.24, 2.45) is 5.92 Å². The number of hydrogen-bond donors (Lipinski definition) is 2. The number of rotatable bonds is 8. The largest absolute Gasteiger partial charge is 0.445 e. The van der Waals surface area contributed by atoms with Gasteiger partial charge in [0.25, 0.3) is 0 Å². The van der Waals surface area contributed by atoms with Crippen molar-refractivity contribution >= 4 is 18.0 Å². The molecule has 1 fully saturated rings. The smallest absolute Gasteiger partial charge is 0.408 e. The van der Waals surface area contributed by atoms with Gasteiger partial charge in [0.2, 0.25) is 12.2 Å². The summed E-state index contributed by atoms with van der Waals surface area (Å²) >= 11 is 0. The molecular formula is C20H28N2O6. The van der Waals surface area contributed by atoms with E-state index in [-0.39, 0.29) is 18.4 Å². The predicted molar refractivity (Wildman–Crippen MR) is 101 cm³/mol. The molecule has 1 saturated heterocycles. The molecule has 2 rings (SSSR count). The third-order valence-corrected chi connectivity index (χ3v) is 4.18. The Morgan fingerprint density at radius 3 is 2.57 bits per heavy atom. The summed E-state index contributed by atoms with van der Waals surface area (Å²) in [7, 11) is 0. The molecule has 8 heteroatoms. The summed E-state index contributed by atoms with van der Waals surface area (Å²) in [5, 5.41) is 5.43. The topological polar surface area (TPSA) is 103 Å². The van der Waals surface area contributed by atoms with Gasteiger partial charge in [-0.15, -0.1) is 0 Å². The lowest BCUT2D eigenvalue weighted by molar-refractivity contribution is -0.170. The molecule has 1 aromatic carbocycles. The van der Waals surface area contributed by atoms with E-state index in [9.17, 15) is 14.4 Å². The van der Waals surface area contributed by atoms with Crippen LogP contribution in [0.15, 0.2) is 30.3 Å². The molecule has 2 N–H and O–H groups in total. The summed E-state index contributed by atoms with van der Waals surface area (Å²) in [5.41, 5.74) is 0.856.